The number of alkyl halides is 1. The molecule has 106 valence electrons. The third kappa shape index (κ3) is 2.59. The maximum absolute atomic E-state index is 4.36. The van der Waals surface area contributed by atoms with Gasteiger partial charge in [0.2, 0.25) is 5.82 Å². The molecule has 0 atom stereocenters. The van der Waals surface area contributed by atoms with Gasteiger partial charge in [0.1, 0.15) is 0 Å². The molecule has 21 heavy (non-hydrogen) atoms. The Morgan fingerprint density at radius 2 is 1.95 bits per heavy atom. The van der Waals surface area contributed by atoms with Crippen molar-refractivity contribution in [2.24, 2.45) is 0 Å². The van der Waals surface area contributed by atoms with Crippen molar-refractivity contribution < 1.29 is 0 Å². The number of nitrogens with zero attached hydrogens (tertiary/aromatic N) is 8. The Hall–Kier alpha value is -2.42. The molecule has 0 saturated carbocycles. The highest BCUT2D eigenvalue weighted by molar-refractivity contribution is 9.09. The topological polar surface area (TPSA) is 87.2 Å². The highest BCUT2D eigenvalue weighted by atomic mass is 79.9. The van der Waals surface area contributed by atoms with Gasteiger partial charge in [-0.2, -0.15) is 4.80 Å². The first-order valence-electron chi connectivity index (χ1n) is 6.17. The van der Waals surface area contributed by atoms with Crippen molar-refractivity contribution in [1.29, 1.82) is 0 Å². The van der Waals surface area contributed by atoms with Gasteiger partial charge in [0.05, 0.1) is 6.54 Å². The van der Waals surface area contributed by atoms with Crippen molar-refractivity contribution in [2.45, 2.75) is 6.54 Å². The van der Waals surface area contributed by atoms with E-state index in [4.69, 9.17) is 0 Å². The number of rotatable bonds is 5. The fourth-order valence-corrected chi connectivity index (χ4v) is 2.21. The molecule has 0 N–H and O–H groups in total. The van der Waals surface area contributed by atoms with Crippen molar-refractivity contribution in [3.63, 3.8) is 0 Å². The van der Waals surface area contributed by atoms with Crippen LogP contribution < -0.4 is 0 Å². The number of tetrazole rings is 2. The predicted molar refractivity (Wildman–Crippen MR) is 80.2 cm³/mol. The molecule has 3 rings (SSSR count). The van der Waals surface area contributed by atoms with Gasteiger partial charge in [-0.05, 0) is 15.6 Å². The summed E-state index contributed by atoms with van der Waals surface area (Å²) < 4.78 is 1.50. The van der Waals surface area contributed by atoms with Crippen LogP contribution in [0.2, 0.25) is 0 Å². The number of aromatic nitrogens is 8. The van der Waals surface area contributed by atoms with Crippen LogP contribution in [0.1, 0.15) is 0 Å². The Morgan fingerprint density at radius 1 is 1.14 bits per heavy atom. The largest absolute Gasteiger partial charge is 0.205 e. The van der Waals surface area contributed by atoms with Gasteiger partial charge >= 0.3 is 0 Å². The minimum Gasteiger partial charge on any atom is -0.201 e. The number of hydrogen-bond acceptors (Lipinski definition) is 6. The number of aryl methyl sites for hydroxylation is 1. The molecule has 0 bridgehead atoms. The number of benzene rings is 1. The first kappa shape index (κ1) is 13.6. The van der Waals surface area contributed by atoms with E-state index >= 15 is 0 Å². The zero-order valence-electron chi connectivity index (χ0n) is 11.0. The zero-order valence-corrected chi connectivity index (χ0v) is 12.5. The molecule has 0 aliphatic rings. The second-order valence-electron chi connectivity index (χ2n) is 4.07. The molecule has 0 saturated heterocycles. The van der Waals surface area contributed by atoms with E-state index in [-0.39, 0.29) is 0 Å². The van der Waals surface area contributed by atoms with Crippen LogP contribution >= 0.6 is 15.9 Å². The van der Waals surface area contributed by atoms with Crippen LogP contribution in [-0.2, 0) is 6.54 Å². The fraction of sp³-hybridized carbons (Fsp3) is 0.167. The van der Waals surface area contributed by atoms with Gasteiger partial charge in [-0.15, -0.1) is 15.3 Å². The molecule has 0 aliphatic heterocycles. The van der Waals surface area contributed by atoms with Gasteiger partial charge < -0.3 is 0 Å². The lowest BCUT2D eigenvalue weighted by Crippen LogP contribution is -2.03. The summed E-state index contributed by atoms with van der Waals surface area (Å²) in [6, 6.07) is 7.63. The summed E-state index contributed by atoms with van der Waals surface area (Å²) >= 11 is 3.35. The van der Waals surface area contributed by atoms with Crippen molar-refractivity contribution in [3.8, 4) is 22.8 Å². The lowest BCUT2D eigenvalue weighted by atomic mass is 10.1. The van der Waals surface area contributed by atoms with E-state index in [1.54, 1.807) is 6.20 Å². The molecule has 0 amide bonds. The van der Waals surface area contributed by atoms with Gasteiger partial charge in [-0.25, -0.2) is 4.68 Å². The summed E-state index contributed by atoms with van der Waals surface area (Å²) in [5, 5.41) is 24.8. The molecule has 0 unspecified atom stereocenters. The monoisotopic (exact) mass is 346 g/mol. The summed E-state index contributed by atoms with van der Waals surface area (Å²) in [6.07, 6.45) is 1.54. The van der Waals surface area contributed by atoms with Crippen molar-refractivity contribution in [2.75, 3.05) is 5.33 Å². The van der Waals surface area contributed by atoms with Gasteiger partial charge in [-0.1, -0.05) is 46.8 Å². The average Bonchev–Trinajstić information content (AvgIpc) is 3.16. The Kier molecular flexibility index (Phi) is 3.82. The summed E-state index contributed by atoms with van der Waals surface area (Å²) in [5.74, 6) is 1.11. The van der Waals surface area contributed by atoms with Gasteiger partial charge in [-0.3, -0.25) is 0 Å². The molecule has 1 aromatic carbocycles. The molecular weight excluding hydrogens is 336 g/mol. The summed E-state index contributed by atoms with van der Waals surface area (Å²) in [4.78, 5) is 1.54. The summed E-state index contributed by atoms with van der Waals surface area (Å²) in [6.45, 7) is 4.34. The van der Waals surface area contributed by atoms with Gasteiger partial charge in [0.15, 0.2) is 5.82 Å². The van der Waals surface area contributed by atoms with Crippen molar-refractivity contribution in [3.05, 3.63) is 30.8 Å². The molecular formula is C12H11BrN8. The molecule has 2 aromatic heterocycles. The minimum absolute atomic E-state index is 0.533. The quantitative estimate of drug-likeness (QED) is 0.650. The predicted octanol–water partition coefficient (Wildman–Crippen LogP) is 1.49. The second kappa shape index (κ2) is 5.92. The van der Waals surface area contributed by atoms with E-state index in [1.807, 2.05) is 24.3 Å². The smallest absolute Gasteiger partial charge is 0.201 e. The molecule has 8 nitrogen and oxygen atoms in total. The van der Waals surface area contributed by atoms with E-state index in [9.17, 15) is 0 Å². The molecule has 0 aliphatic carbocycles. The Labute approximate surface area is 128 Å². The molecule has 0 fully saturated rings. The maximum Gasteiger partial charge on any atom is 0.205 e. The summed E-state index contributed by atoms with van der Waals surface area (Å²) in [5.41, 5.74) is 1.64. The SMILES string of the molecule is C=Cn1nnnc1-c1ccccc1-c1nnn(CCBr)n1. The standard InChI is InChI=1S/C12H11BrN8/c1-2-20-12(15-17-19-20)10-6-4-3-5-9(10)11-14-18-21(16-11)8-7-13/h2-6H,1,7-8H2. The Balaban J connectivity index is 2.09. The zero-order chi connectivity index (χ0) is 14.7. The van der Waals surface area contributed by atoms with Crippen LogP contribution in [0.5, 0.6) is 0 Å². The van der Waals surface area contributed by atoms with Crippen molar-refractivity contribution >= 4 is 22.1 Å². The lowest BCUT2D eigenvalue weighted by molar-refractivity contribution is 0.559. The van der Waals surface area contributed by atoms with Crippen LogP contribution in [0, 0.1) is 0 Å². The fourth-order valence-electron chi connectivity index (χ4n) is 1.89. The van der Waals surface area contributed by atoms with Gasteiger partial charge in [0, 0.05) is 22.7 Å². The van der Waals surface area contributed by atoms with Crippen molar-refractivity contribution in [1.82, 2.24) is 40.4 Å². The molecule has 0 spiro atoms. The van der Waals surface area contributed by atoms with E-state index in [0.29, 0.717) is 18.2 Å². The Bertz CT molecular complexity index is 762. The molecule has 3 aromatic rings. The normalized spacial score (nSPS) is 10.7. The first-order chi connectivity index (χ1) is 10.3. The van der Waals surface area contributed by atoms with Crippen LogP contribution in [0.3, 0.4) is 0 Å². The number of hydrogen-bond donors (Lipinski definition) is 0. The minimum atomic E-state index is 0.533. The average molecular weight is 347 g/mol. The molecule has 2 heterocycles. The highest BCUT2D eigenvalue weighted by Crippen LogP contribution is 2.27. The van der Waals surface area contributed by atoms with Crippen LogP contribution in [0.25, 0.3) is 29.0 Å². The lowest BCUT2D eigenvalue weighted by Gasteiger charge is -2.04. The third-order valence-electron chi connectivity index (χ3n) is 2.81. The highest BCUT2D eigenvalue weighted by Gasteiger charge is 2.16. The van der Waals surface area contributed by atoms with Gasteiger partial charge in [0.25, 0.3) is 0 Å². The van der Waals surface area contributed by atoms with E-state index in [1.165, 1.54) is 9.48 Å². The molecule has 0 radical (unpaired) electrons. The maximum atomic E-state index is 4.36. The van der Waals surface area contributed by atoms with E-state index < -0.39 is 0 Å². The van der Waals surface area contributed by atoms with Crippen LogP contribution in [0.4, 0.5) is 0 Å². The third-order valence-corrected chi connectivity index (χ3v) is 3.17. The van der Waals surface area contributed by atoms with Crippen LogP contribution in [-0.4, -0.2) is 45.7 Å². The summed E-state index contributed by atoms with van der Waals surface area (Å²) in [7, 11) is 0. The molecule has 9 heteroatoms. The second-order valence-corrected chi connectivity index (χ2v) is 4.87. The van der Waals surface area contributed by atoms with E-state index in [0.717, 1.165) is 16.5 Å². The Morgan fingerprint density at radius 3 is 2.71 bits per heavy atom. The number of halogens is 1. The van der Waals surface area contributed by atoms with E-state index in [2.05, 4.69) is 53.4 Å². The first-order valence-corrected chi connectivity index (χ1v) is 7.29. The van der Waals surface area contributed by atoms with Crippen LogP contribution in [0.15, 0.2) is 30.8 Å².